The lowest BCUT2D eigenvalue weighted by Gasteiger charge is -2.18. The van der Waals surface area contributed by atoms with Crippen molar-refractivity contribution in [3.05, 3.63) is 59.7 Å². The standard InChI is InChI=1S/C17H18F2N2/c18-16-4-3-5-17(19)15(16)12-20-13-6-8-14(9-7-13)21-10-1-2-11-21/h3-9,20H,1-2,10-12H2. The molecule has 0 aliphatic carbocycles. The Morgan fingerprint density at radius 1 is 0.905 bits per heavy atom. The molecule has 1 aliphatic heterocycles. The molecule has 0 saturated carbocycles. The van der Waals surface area contributed by atoms with Crippen molar-refractivity contribution in [2.75, 3.05) is 23.3 Å². The molecule has 2 aromatic rings. The first-order chi connectivity index (χ1) is 10.2. The molecule has 1 saturated heterocycles. The van der Waals surface area contributed by atoms with Gasteiger partial charge in [-0.15, -0.1) is 0 Å². The Hall–Kier alpha value is -2.10. The van der Waals surface area contributed by atoms with Crippen LogP contribution in [0.5, 0.6) is 0 Å². The molecule has 0 atom stereocenters. The van der Waals surface area contributed by atoms with E-state index in [-0.39, 0.29) is 12.1 Å². The van der Waals surface area contributed by atoms with E-state index in [1.807, 2.05) is 24.3 Å². The van der Waals surface area contributed by atoms with Crippen LogP contribution in [0.1, 0.15) is 18.4 Å². The second-order valence-corrected chi connectivity index (χ2v) is 5.29. The van der Waals surface area contributed by atoms with Crippen LogP contribution >= 0.6 is 0 Å². The Labute approximate surface area is 123 Å². The topological polar surface area (TPSA) is 15.3 Å². The number of anilines is 2. The van der Waals surface area contributed by atoms with Gasteiger partial charge < -0.3 is 10.2 Å². The molecule has 1 fully saturated rings. The molecule has 110 valence electrons. The summed E-state index contributed by atoms with van der Waals surface area (Å²) in [4.78, 5) is 2.35. The number of nitrogens with one attached hydrogen (secondary N) is 1. The highest BCUT2D eigenvalue weighted by molar-refractivity contribution is 5.55. The van der Waals surface area contributed by atoms with Crippen molar-refractivity contribution in [2.24, 2.45) is 0 Å². The molecule has 2 aromatic carbocycles. The van der Waals surface area contributed by atoms with Gasteiger partial charge in [0, 0.05) is 36.6 Å². The maximum Gasteiger partial charge on any atom is 0.131 e. The summed E-state index contributed by atoms with van der Waals surface area (Å²) in [6.07, 6.45) is 2.49. The molecule has 2 nitrogen and oxygen atoms in total. The summed E-state index contributed by atoms with van der Waals surface area (Å²) in [6.45, 7) is 2.35. The SMILES string of the molecule is Fc1cccc(F)c1CNc1ccc(N2CCCC2)cc1. The summed E-state index contributed by atoms with van der Waals surface area (Å²) < 4.78 is 27.1. The van der Waals surface area contributed by atoms with Crippen molar-refractivity contribution >= 4 is 11.4 Å². The highest BCUT2D eigenvalue weighted by Crippen LogP contribution is 2.22. The average Bonchev–Trinajstić information content (AvgIpc) is 3.02. The van der Waals surface area contributed by atoms with Crippen molar-refractivity contribution in [3.8, 4) is 0 Å². The molecular formula is C17H18F2N2. The average molecular weight is 288 g/mol. The van der Waals surface area contributed by atoms with Gasteiger partial charge in [0.2, 0.25) is 0 Å². The van der Waals surface area contributed by atoms with Crippen LogP contribution in [0.3, 0.4) is 0 Å². The van der Waals surface area contributed by atoms with E-state index in [9.17, 15) is 8.78 Å². The van der Waals surface area contributed by atoms with Gasteiger partial charge in [-0.1, -0.05) is 6.07 Å². The van der Waals surface area contributed by atoms with Crippen LogP contribution in [0, 0.1) is 11.6 Å². The minimum absolute atomic E-state index is 0.0705. The van der Waals surface area contributed by atoms with Crippen LogP contribution in [0.4, 0.5) is 20.2 Å². The number of rotatable bonds is 4. The van der Waals surface area contributed by atoms with E-state index in [1.54, 1.807) is 0 Å². The van der Waals surface area contributed by atoms with Gasteiger partial charge in [0.25, 0.3) is 0 Å². The minimum Gasteiger partial charge on any atom is -0.381 e. The molecule has 0 amide bonds. The van der Waals surface area contributed by atoms with Crippen molar-refractivity contribution in [1.82, 2.24) is 0 Å². The predicted octanol–water partition coefficient (Wildman–Crippen LogP) is 4.18. The lowest BCUT2D eigenvalue weighted by atomic mass is 10.2. The fourth-order valence-corrected chi connectivity index (χ4v) is 2.66. The first-order valence-electron chi connectivity index (χ1n) is 7.26. The Bertz CT molecular complexity index is 584. The lowest BCUT2D eigenvalue weighted by Crippen LogP contribution is -2.17. The second-order valence-electron chi connectivity index (χ2n) is 5.29. The molecule has 1 N–H and O–H groups in total. The summed E-state index contributed by atoms with van der Waals surface area (Å²) in [5.41, 5.74) is 2.14. The third-order valence-electron chi connectivity index (χ3n) is 3.87. The monoisotopic (exact) mass is 288 g/mol. The largest absolute Gasteiger partial charge is 0.381 e. The van der Waals surface area contributed by atoms with Crippen molar-refractivity contribution in [1.29, 1.82) is 0 Å². The van der Waals surface area contributed by atoms with Crippen LogP contribution in [-0.2, 0) is 6.54 Å². The third kappa shape index (κ3) is 3.15. The van der Waals surface area contributed by atoms with E-state index in [2.05, 4.69) is 10.2 Å². The highest BCUT2D eigenvalue weighted by atomic mass is 19.1. The summed E-state index contributed by atoms with van der Waals surface area (Å²) in [7, 11) is 0. The smallest absolute Gasteiger partial charge is 0.131 e. The fraction of sp³-hybridized carbons (Fsp3) is 0.294. The lowest BCUT2D eigenvalue weighted by molar-refractivity contribution is 0.560. The van der Waals surface area contributed by atoms with Crippen LogP contribution < -0.4 is 10.2 Å². The number of nitrogens with zero attached hydrogens (tertiary/aromatic N) is 1. The quantitative estimate of drug-likeness (QED) is 0.908. The predicted molar refractivity (Wildman–Crippen MR) is 81.6 cm³/mol. The molecular weight excluding hydrogens is 270 g/mol. The van der Waals surface area contributed by atoms with E-state index >= 15 is 0 Å². The van der Waals surface area contributed by atoms with Gasteiger partial charge in [0.15, 0.2) is 0 Å². The van der Waals surface area contributed by atoms with E-state index in [1.165, 1.54) is 36.7 Å². The van der Waals surface area contributed by atoms with E-state index in [0.717, 1.165) is 18.8 Å². The first kappa shape index (κ1) is 13.9. The zero-order valence-corrected chi connectivity index (χ0v) is 11.8. The van der Waals surface area contributed by atoms with Crippen LogP contribution in [0.2, 0.25) is 0 Å². The van der Waals surface area contributed by atoms with Crippen molar-refractivity contribution in [2.45, 2.75) is 19.4 Å². The molecule has 0 spiro atoms. The Morgan fingerprint density at radius 2 is 1.52 bits per heavy atom. The molecule has 0 radical (unpaired) electrons. The molecule has 0 bridgehead atoms. The van der Waals surface area contributed by atoms with Crippen molar-refractivity contribution in [3.63, 3.8) is 0 Å². The molecule has 1 aliphatic rings. The third-order valence-corrected chi connectivity index (χ3v) is 3.87. The van der Waals surface area contributed by atoms with E-state index < -0.39 is 11.6 Å². The maximum atomic E-state index is 13.5. The number of halogens is 2. The van der Waals surface area contributed by atoms with Gasteiger partial charge in [-0.2, -0.15) is 0 Å². The molecule has 0 unspecified atom stereocenters. The van der Waals surface area contributed by atoms with Gasteiger partial charge >= 0.3 is 0 Å². The van der Waals surface area contributed by atoms with Gasteiger partial charge in [-0.25, -0.2) is 8.78 Å². The minimum atomic E-state index is -0.517. The highest BCUT2D eigenvalue weighted by Gasteiger charge is 2.12. The van der Waals surface area contributed by atoms with E-state index in [0.29, 0.717) is 0 Å². The van der Waals surface area contributed by atoms with Gasteiger partial charge in [0.05, 0.1) is 0 Å². The van der Waals surface area contributed by atoms with Crippen LogP contribution in [0.25, 0.3) is 0 Å². The summed E-state index contributed by atoms with van der Waals surface area (Å²) in [6, 6.07) is 11.9. The first-order valence-corrected chi connectivity index (χ1v) is 7.26. The second kappa shape index (κ2) is 6.12. The molecule has 0 aromatic heterocycles. The fourth-order valence-electron chi connectivity index (χ4n) is 2.66. The molecule has 21 heavy (non-hydrogen) atoms. The Morgan fingerprint density at radius 3 is 2.14 bits per heavy atom. The van der Waals surface area contributed by atoms with Gasteiger partial charge in [-0.3, -0.25) is 0 Å². The summed E-state index contributed by atoms with van der Waals surface area (Å²) >= 11 is 0. The van der Waals surface area contributed by atoms with E-state index in [4.69, 9.17) is 0 Å². The Balaban J connectivity index is 1.65. The number of benzene rings is 2. The zero-order valence-electron chi connectivity index (χ0n) is 11.8. The van der Waals surface area contributed by atoms with Gasteiger partial charge in [-0.05, 0) is 49.2 Å². The van der Waals surface area contributed by atoms with Crippen molar-refractivity contribution < 1.29 is 8.78 Å². The number of hydrogen-bond acceptors (Lipinski definition) is 2. The maximum absolute atomic E-state index is 13.5. The molecule has 3 rings (SSSR count). The summed E-state index contributed by atoms with van der Waals surface area (Å²) in [5.74, 6) is -1.03. The van der Waals surface area contributed by atoms with Gasteiger partial charge in [0.1, 0.15) is 11.6 Å². The summed E-state index contributed by atoms with van der Waals surface area (Å²) in [5, 5.41) is 3.06. The molecule has 1 heterocycles. The number of hydrogen-bond donors (Lipinski definition) is 1. The normalized spacial score (nSPS) is 14.5. The van der Waals surface area contributed by atoms with Crippen LogP contribution in [-0.4, -0.2) is 13.1 Å². The Kier molecular flexibility index (Phi) is 4.04. The van der Waals surface area contributed by atoms with Crippen LogP contribution in [0.15, 0.2) is 42.5 Å². The zero-order chi connectivity index (χ0) is 14.7. The molecule has 4 heteroatoms.